The summed E-state index contributed by atoms with van der Waals surface area (Å²) in [6.45, 7) is 0.496. The first kappa shape index (κ1) is 13.3. The number of nitrogens with two attached hydrogens (primary N) is 1. The Morgan fingerprint density at radius 3 is 2.75 bits per heavy atom. The van der Waals surface area contributed by atoms with E-state index in [0.29, 0.717) is 12.2 Å². The maximum atomic E-state index is 11.8. The van der Waals surface area contributed by atoms with Crippen molar-refractivity contribution in [1.29, 1.82) is 0 Å². The fourth-order valence-corrected chi connectivity index (χ4v) is 2.41. The van der Waals surface area contributed by atoms with E-state index in [1.807, 2.05) is 0 Å². The van der Waals surface area contributed by atoms with Gasteiger partial charge in [-0.15, -0.1) is 12.4 Å². The minimum absolute atomic E-state index is 0. The molecule has 0 atom stereocenters. The van der Waals surface area contributed by atoms with Gasteiger partial charge in [0.15, 0.2) is 5.69 Å². The summed E-state index contributed by atoms with van der Waals surface area (Å²) in [4.78, 5) is 11.8. The quantitative estimate of drug-likeness (QED) is 0.850. The van der Waals surface area contributed by atoms with Gasteiger partial charge in [-0.1, -0.05) is 12.8 Å². The molecule has 1 heterocycles. The Labute approximate surface area is 105 Å². The lowest BCUT2D eigenvalue weighted by Crippen LogP contribution is -2.51. The Bertz CT molecular complexity index is 337. The molecule has 1 aliphatic rings. The van der Waals surface area contributed by atoms with Gasteiger partial charge in [0.2, 0.25) is 0 Å². The highest BCUT2D eigenvalue weighted by Crippen LogP contribution is 2.28. The van der Waals surface area contributed by atoms with Gasteiger partial charge in [-0.05, 0) is 12.8 Å². The largest absolute Gasteiger partial charge is 0.344 e. The molecule has 0 saturated heterocycles. The predicted molar refractivity (Wildman–Crippen MR) is 64.9 cm³/mol. The molecule has 1 aliphatic carbocycles. The number of carbonyl (C=O) groups excluding carboxylic acids is 1. The zero-order valence-electron chi connectivity index (χ0n) is 8.81. The number of rotatable bonds is 3. The third-order valence-electron chi connectivity index (χ3n) is 2.92. The van der Waals surface area contributed by atoms with Crippen molar-refractivity contribution in [3.05, 3.63) is 11.9 Å². The first-order chi connectivity index (χ1) is 7.26. The maximum absolute atomic E-state index is 11.8. The summed E-state index contributed by atoms with van der Waals surface area (Å²) < 4.78 is 7.71. The molecule has 0 spiro atoms. The number of nitrogens with one attached hydrogen (secondary N) is 1. The molecule has 16 heavy (non-hydrogen) atoms. The second-order valence-electron chi connectivity index (χ2n) is 3.94. The normalized spacial score (nSPS) is 17.8. The van der Waals surface area contributed by atoms with E-state index >= 15 is 0 Å². The average Bonchev–Trinajstić information content (AvgIpc) is 2.88. The molecule has 0 radical (unpaired) electrons. The first-order valence-electron chi connectivity index (χ1n) is 5.06. The van der Waals surface area contributed by atoms with Gasteiger partial charge < -0.3 is 11.1 Å². The lowest BCUT2D eigenvalue weighted by Gasteiger charge is -2.28. The molecule has 1 aromatic rings. The molecule has 5 nitrogen and oxygen atoms in total. The molecule has 3 N–H and O–H groups in total. The zero-order valence-corrected chi connectivity index (χ0v) is 10.4. The van der Waals surface area contributed by atoms with Crippen LogP contribution in [0, 0.1) is 0 Å². The van der Waals surface area contributed by atoms with Gasteiger partial charge in [-0.25, -0.2) is 0 Å². The minimum atomic E-state index is -0.208. The van der Waals surface area contributed by atoms with Crippen molar-refractivity contribution >= 4 is 30.0 Å². The van der Waals surface area contributed by atoms with Crippen LogP contribution in [0.5, 0.6) is 0 Å². The SMILES string of the molecule is Cl.NCC1(NC(=O)c2cnsn2)CCCC1. The third kappa shape index (κ3) is 2.69. The van der Waals surface area contributed by atoms with Crippen molar-refractivity contribution in [1.82, 2.24) is 14.1 Å². The number of halogens is 1. The van der Waals surface area contributed by atoms with E-state index in [9.17, 15) is 4.79 Å². The number of amides is 1. The molecule has 0 bridgehead atoms. The molecule has 1 fully saturated rings. The first-order valence-corrected chi connectivity index (χ1v) is 5.79. The van der Waals surface area contributed by atoms with Gasteiger partial charge in [0.05, 0.1) is 23.5 Å². The highest BCUT2D eigenvalue weighted by atomic mass is 35.5. The molecule has 7 heteroatoms. The van der Waals surface area contributed by atoms with E-state index < -0.39 is 0 Å². The van der Waals surface area contributed by atoms with Crippen LogP contribution in [-0.4, -0.2) is 26.7 Å². The van der Waals surface area contributed by atoms with Crippen LogP contribution < -0.4 is 11.1 Å². The van der Waals surface area contributed by atoms with Gasteiger partial charge >= 0.3 is 0 Å². The van der Waals surface area contributed by atoms with Crippen LogP contribution in [0.1, 0.15) is 36.2 Å². The molecule has 1 saturated carbocycles. The van der Waals surface area contributed by atoms with Crippen molar-refractivity contribution in [3.8, 4) is 0 Å². The average molecular weight is 263 g/mol. The summed E-state index contributed by atoms with van der Waals surface area (Å²) in [5.41, 5.74) is 5.90. The maximum Gasteiger partial charge on any atom is 0.273 e. The van der Waals surface area contributed by atoms with Crippen LogP contribution in [0.3, 0.4) is 0 Å². The van der Waals surface area contributed by atoms with E-state index in [1.165, 1.54) is 6.20 Å². The van der Waals surface area contributed by atoms with Crippen molar-refractivity contribution < 1.29 is 4.79 Å². The summed E-state index contributed by atoms with van der Waals surface area (Å²) in [5.74, 6) is -0.156. The lowest BCUT2D eigenvalue weighted by molar-refractivity contribution is 0.0899. The van der Waals surface area contributed by atoms with Crippen molar-refractivity contribution in [2.24, 2.45) is 5.73 Å². The fraction of sp³-hybridized carbons (Fsp3) is 0.667. The molecule has 0 aromatic carbocycles. The van der Waals surface area contributed by atoms with Crippen LogP contribution in [0.25, 0.3) is 0 Å². The van der Waals surface area contributed by atoms with Gasteiger partial charge in [0.1, 0.15) is 0 Å². The molecular weight excluding hydrogens is 248 g/mol. The van der Waals surface area contributed by atoms with Gasteiger partial charge in [-0.3, -0.25) is 4.79 Å². The number of carbonyl (C=O) groups is 1. The lowest BCUT2D eigenvalue weighted by atomic mass is 9.98. The highest BCUT2D eigenvalue weighted by Gasteiger charge is 2.34. The van der Waals surface area contributed by atoms with Crippen molar-refractivity contribution in [3.63, 3.8) is 0 Å². The molecule has 1 amide bonds. The molecule has 90 valence electrons. The Morgan fingerprint density at radius 1 is 1.56 bits per heavy atom. The van der Waals surface area contributed by atoms with E-state index in [0.717, 1.165) is 37.4 Å². The van der Waals surface area contributed by atoms with Crippen LogP contribution in [-0.2, 0) is 0 Å². The second-order valence-corrected chi connectivity index (χ2v) is 4.50. The summed E-state index contributed by atoms with van der Waals surface area (Å²) in [5, 5.41) is 2.98. The monoisotopic (exact) mass is 262 g/mol. The minimum Gasteiger partial charge on any atom is -0.344 e. The molecule has 0 unspecified atom stereocenters. The Hall–Kier alpha value is -0.720. The topological polar surface area (TPSA) is 80.9 Å². The molecule has 1 aromatic heterocycles. The summed E-state index contributed by atoms with van der Waals surface area (Å²) in [6.07, 6.45) is 5.68. The fourth-order valence-electron chi connectivity index (χ4n) is 2.00. The second kappa shape index (κ2) is 5.56. The van der Waals surface area contributed by atoms with E-state index in [-0.39, 0.29) is 23.9 Å². The summed E-state index contributed by atoms with van der Waals surface area (Å²) >= 11 is 1.04. The summed E-state index contributed by atoms with van der Waals surface area (Å²) in [6, 6.07) is 0. The zero-order chi connectivity index (χ0) is 10.7. The van der Waals surface area contributed by atoms with E-state index in [4.69, 9.17) is 5.73 Å². The highest BCUT2D eigenvalue weighted by molar-refractivity contribution is 6.99. The van der Waals surface area contributed by atoms with Crippen LogP contribution >= 0.6 is 24.1 Å². The van der Waals surface area contributed by atoms with Crippen molar-refractivity contribution in [2.75, 3.05) is 6.54 Å². The number of nitrogens with zero attached hydrogens (tertiary/aromatic N) is 2. The number of hydrogen-bond acceptors (Lipinski definition) is 5. The van der Waals surface area contributed by atoms with Crippen molar-refractivity contribution in [2.45, 2.75) is 31.2 Å². The van der Waals surface area contributed by atoms with Gasteiger partial charge in [-0.2, -0.15) is 8.75 Å². The van der Waals surface area contributed by atoms with Crippen LogP contribution in [0.2, 0.25) is 0 Å². The molecule has 2 rings (SSSR count). The molecule has 0 aliphatic heterocycles. The van der Waals surface area contributed by atoms with E-state index in [1.54, 1.807) is 0 Å². The standard InChI is InChI=1S/C9H14N4OS.ClH/c10-6-9(3-1-2-4-9)12-8(14)7-5-11-15-13-7;/h5H,1-4,6,10H2,(H,12,14);1H. The van der Waals surface area contributed by atoms with Gasteiger partial charge in [0, 0.05) is 6.54 Å². The van der Waals surface area contributed by atoms with E-state index in [2.05, 4.69) is 14.1 Å². The third-order valence-corrected chi connectivity index (χ3v) is 3.40. The van der Waals surface area contributed by atoms with Crippen LogP contribution in [0.4, 0.5) is 0 Å². The van der Waals surface area contributed by atoms with Crippen LogP contribution in [0.15, 0.2) is 6.20 Å². The predicted octanol–water partition coefficient (Wildman–Crippen LogP) is 0.961. The Morgan fingerprint density at radius 2 is 2.25 bits per heavy atom. The van der Waals surface area contributed by atoms with Gasteiger partial charge in [0.25, 0.3) is 5.91 Å². The smallest absolute Gasteiger partial charge is 0.273 e. The Kier molecular flexibility index (Phi) is 4.64. The number of hydrogen-bond donors (Lipinski definition) is 2. The number of aromatic nitrogens is 2. The Balaban J connectivity index is 0.00000128. The summed E-state index contributed by atoms with van der Waals surface area (Å²) in [7, 11) is 0. The molecular formula is C9H15ClN4OS.